The fourth-order valence-corrected chi connectivity index (χ4v) is 2.86. The fourth-order valence-electron chi connectivity index (χ4n) is 2.14. The molecule has 1 heterocycles. The molecule has 3 nitrogen and oxygen atoms in total. The van der Waals surface area contributed by atoms with Gasteiger partial charge in [-0.05, 0) is 24.6 Å². The molecule has 0 bridgehead atoms. The predicted molar refractivity (Wildman–Crippen MR) is 82.8 cm³/mol. The maximum Gasteiger partial charge on any atom is 0.0847 e. The van der Waals surface area contributed by atoms with Crippen molar-refractivity contribution in [2.75, 3.05) is 0 Å². The number of hydrogen-bond donors (Lipinski definition) is 1. The molecule has 0 aliphatic heterocycles. The highest BCUT2D eigenvalue weighted by molar-refractivity contribution is 6.35. The van der Waals surface area contributed by atoms with E-state index < -0.39 is 6.10 Å². The second-order valence-electron chi connectivity index (χ2n) is 4.77. The number of aryl methyl sites for hydroxylation is 2. The van der Waals surface area contributed by atoms with Crippen LogP contribution < -0.4 is 0 Å². The molecule has 1 unspecified atom stereocenters. The highest BCUT2D eigenvalue weighted by Crippen LogP contribution is 2.25. The number of nitrogens with zero attached hydrogens (tertiary/aromatic N) is 2. The minimum atomic E-state index is -0.582. The van der Waals surface area contributed by atoms with E-state index in [0.29, 0.717) is 27.9 Å². The number of halogens is 3. The highest BCUT2D eigenvalue weighted by atomic mass is 35.5. The topological polar surface area (TPSA) is 38.0 Å². The Morgan fingerprint density at radius 3 is 2.50 bits per heavy atom. The van der Waals surface area contributed by atoms with E-state index in [9.17, 15) is 5.11 Å². The van der Waals surface area contributed by atoms with Crippen LogP contribution in [0, 0.1) is 6.92 Å². The molecule has 0 aliphatic carbocycles. The van der Waals surface area contributed by atoms with E-state index in [-0.39, 0.29) is 0 Å². The zero-order valence-corrected chi connectivity index (χ0v) is 13.5. The van der Waals surface area contributed by atoms with Crippen LogP contribution in [0.3, 0.4) is 0 Å². The zero-order valence-electron chi connectivity index (χ0n) is 11.2. The molecule has 108 valence electrons. The van der Waals surface area contributed by atoms with Gasteiger partial charge in [0, 0.05) is 29.9 Å². The molecule has 1 N–H and O–H groups in total. The summed E-state index contributed by atoms with van der Waals surface area (Å²) < 4.78 is 1.70. The number of hydrogen-bond acceptors (Lipinski definition) is 2. The molecular weight excluding hydrogens is 319 g/mol. The van der Waals surface area contributed by atoms with Gasteiger partial charge in [-0.15, -0.1) is 0 Å². The zero-order chi connectivity index (χ0) is 14.9. The molecule has 0 saturated carbocycles. The van der Waals surface area contributed by atoms with Gasteiger partial charge in [-0.25, -0.2) is 0 Å². The Labute approximate surface area is 133 Å². The summed E-state index contributed by atoms with van der Waals surface area (Å²) in [5.41, 5.74) is 2.45. The first-order valence-corrected chi connectivity index (χ1v) is 7.32. The van der Waals surface area contributed by atoms with Crippen molar-refractivity contribution in [2.24, 2.45) is 7.05 Å². The summed E-state index contributed by atoms with van der Waals surface area (Å²) in [7, 11) is 1.82. The first-order chi connectivity index (χ1) is 9.38. The molecule has 6 heteroatoms. The summed E-state index contributed by atoms with van der Waals surface area (Å²) >= 11 is 18.1. The van der Waals surface area contributed by atoms with Crippen LogP contribution in [0.4, 0.5) is 0 Å². The summed E-state index contributed by atoms with van der Waals surface area (Å²) in [6.07, 6.45) is 0.284. The van der Waals surface area contributed by atoms with Gasteiger partial charge in [-0.3, -0.25) is 4.68 Å². The van der Waals surface area contributed by atoms with E-state index in [2.05, 4.69) is 5.10 Å². The minimum Gasteiger partial charge on any atom is -0.392 e. The summed E-state index contributed by atoms with van der Waals surface area (Å²) in [5, 5.41) is 16.2. The second kappa shape index (κ2) is 6.35. The Bertz CT molecular complexity index is 625. The smallest absolute Gasteiger partial charge is 0.0847 e. The molecule has 0 fully saturated rings. The standard InChI is InChI=1S/C14H15Cl3N2O/c1-8-14(17)13(19(2)18-8)7-11(20)5-9-3-4-10(15)6-12(9)16/h3-4,6,11,20H,5,7H2,1-2H3. The monoisotopic (exact) mass is 332 g/mol. The van der Waals surface area contributed by atoms with Gasteiger partial charge in [-0.2, -0.15) is 5.10 Å². The first-order valence-electron chi connectivity index (χ1n) is 6.18. The molecule has 2 rings (SSSR count). The lowest BCUT2D eigenvalue weighted by molar-refractivity contribution is 0.173. The van der Waals surface area contributed by atoms with Crippen molar-refractivity contribution >= 4 is 34.8 Å². The molecule has 1 aromatic heterocycles. The fraction of sp³-hybridized carbons (Fsp3) is 0.357. The second-order valence-corrected chi connectivity index (χ2v) is 5.99. The molecule has 0 aliphatic rings. The van der Waals surface area contributed by atoms with E-state index in [0.717, 1.165) is 17.0 Å². The predicted octanol–water partition coefficient (Wildman–Crippen LogP) is 3.83. The van der Waals surface area contributed by atoms with E-state index in [1.165, 1.54) is 0 Å². The molecule has 0 spiro atoms. The third-order valence-electron chi connectivity index (χ3n) is 3.16. The van der Waals surface area contributed by atoms with E-state index in [1.54, 1.807) is 16.8 Å². The van der Waals surface area contributed by atoms with E-state index in [1.807, 2.05) is 20.0 Å². The number of benzene rings is 1. The van der Waals surface area contributed by atoms with Gasteiger partial charge < -0.3 is 5.11 Å². The highest BCUT2D eigenvalue weighted by Gasteiger charge is 2.16. The quantitative estimate of drug-likeness (QED) is 0.923. The van der Waals surface area contributed by atoms with Crippen LogP contribution in [-0.4, -0.2) is 21.0 Å². The lowest BCUT2D eigenvalue weighted by atomic mass is 10.0. The molecule has 0 radical (unpaired) electrons. The molecule has 0 amide bonds. The average molecular weight is 334 g/mol. The van der Waals surface area contributed by atoms with Crippen LogP contribution in [0.5, 0.6) is 0 Å². The maximum atomic E-state index is 10.2. The van der Waals surface area contributed by atoms with Crippen LogP contribution in [0.25, 0.3) is 0 Å². The number of rotatable bonds is 4. The van der Waals surface area contributed by atoms with Gasteiger partial charge in [0.2, 0.25) is 0 Å². The normalized spacial score (nSPS) is 12.7. The summed E-state index contributed by atoms with van der Waals surface area (Å²) in [5.74, 6) is 0. The van der Waals surface area contributed by atoms with Crippen molar-refractivity contribution < 1.29 is 5.11 Å². The Morgan fingerprint density at radius 2 is 1.95 bits per heavy atom. The SMILES string of the molecule is Cc1nn(C)c(CC(O)Cc2ccc(Cl)cc2Cl)c1Cl. The molecular formula is C14H15Cl3N2O. The first kappa shape index (κ1) is 15.6. The molecule has 1 atom stereocenters. The van der Waals surface area contributed by atoms with Crippen LogP contribution >= 0.6 is 34.8 Å². The Hall–Kier alpha value is -0.740. The Morgan fingerprint density at radius 1 is 1.25 bits per heavy atom. The van der Waals surface area contributed by atoms with Gasteiger partial charge in [-0.1, -0.05) is 40.9 Å². The maximum absolute atomic E-state index is 10.2. The van der Waals surface area contributed by atoms with Gasteiger partial charge in [0.15, 0.2) is 0 Å². The summed E-state index contributed by atoms with van der Waals surface area (Å²) in [4.78, 5) is 0. The Balaban J connectivity index is 2.11. The number of aromatic nitrogens is 2. The van der Waals surface area contributed by atoms with Crippen molar-refractivity contribution in [3.63, 3.8) is 0 Å². The molecule has 2 aromatic rings. The summed E-state index contributed by atoms with van der Waals surface area (Å²) in [6, 6.07) is 5.26. The largest absolute Gasteiger partial charge is 0.392 e. The van der Waals surface area contributed by atoms with Crippen molar-refractivity contribution in [1.29, 1.82) is 0 Å². The lowest BCUT2D eigenvalue weighted by Gasteiger charge is -2.12. The number of aliphatic hydroxyl groups is 1. The minimum absolute atomic E-state index is 0.426. The molecule has 0 saturated heterocycles. The van der Waals surface area contributed by atoms with Crippen LogP contribution in [0.1, 0.15) is 17.0 Å². The van der Waals surface area contributed by atoms with Crippen LogP contribution in [-0.2, 0) is 19.9 Å². The number of aliphatic hydroxyl groups excluding tert-OH is 1. The molecule has 20 heavy (non-hydrogen) atoms. The van der Waals surface area contributed by atoms with Crippen molar-refractivity contribution in [2.45, 2.75) is 25.9 Å². The van der Waals surface area contributed by atoms with Gasteiger partial charge >= 0.3 is 0 Å². The average Bonchev–Trinajstić information content (AvgIpc) is 2.60. The van der Waals surface area contributed by atoms with E-state index in [4.69, 9.17) is 34.8 Å². The van der Waals surface area contributed by atoms with Crippen LogP contribution in [0.15, 0.2) is 18.2 Å². The van der Waals surface area contributed by atoms with Crippen molar-refractivity contribution in [3.05, 3.63) is 50.2 Å². The third kappa shape index (κ3) is 3.47. The van der Waals surface area contributed by atoms with Crippen molar-refractivity contribution in [1.82, 2.24) is 9.78 Å². The van der Waals surface area contributed by atoms with E-state index >= 15 is 0 Å². The third-order valence-corrected chi connectivity index (χ3v) is 4.24. The van der Waals surface area contributed by atoms with Gasteiger partial charge in [0.25, 0.3) is 0 Å². The molecule has 1 aromatic carbocycles. The lowest BCUT2D eigenvalue weighted by Crippen LogP contribution is -2.16. The van der Waals surface area contributed by atoms with Gasteiger partial charge in [0.05, 0.1) is 22.5 Å². The Kier molecular flexibility index (Phi) is 4.97. The van der Waals surface area contributed by atoms with Crippen molar-refractivity contribution in [3.8, 4) is 0 Å². The van der Waals surface area contributed by atoms with Crippen LogP contribution in [0.2, 0.25) is 15.1 Å². The van der Waals surface area contributed by atoms with Gasteiger partial charge in [0.1, 0.15) is 0 Å². The summed E-state index contributed by atoms with van der Waals surface area (Å²) in [6.45, 7) is 1.84.